The molecule has 0 aromatic carbocycles. The van der Waals surface area contributed by atoms with Gasteiger partial charge in [-0.15, -0.1) is 0 Å². The Hall–Kier alpha value is -0.610. The lowest BCUT2D eigenvalue weighted by molar-refractivity contribution is -0.126. The molecule has 2 rings (SSSR count). The van der Waals surface area contributed by atoms with Gasteiger partial charge < -0.3 is 16.0 Å². The van der Waals surface area contributed by atoms with E-state index in [-0.39, 0.29) is 11.3 Å². The van der Waals surface area contributed by atoms with E-state index in [1.807, 2.05) is 0 Å². The number of nitrogens with one attached hydrogen (secondary N) is 1. The van der Waals surface area contributed by atoms with Gasteiger partial charge in [-0.25, -0.2) is 0 Å². The summed E-state index contributed by atoms with van der Waals surface area (Å²) in [5.74, 6) is 0.173. The van der Waals surface area contributed by atoms with Gasteiger partial charge >= 0.3 is 0 Å². The summed E-state index contributed by atoms with van der Waals surface area (Å²) < 4.78 is 0. The Morgan fingerprint density at radius 3 is 2.50 bits per heavy atom. The van der Waals surface area contributed by atoms with Crippen molar-refractivity contribution in [2.24, 2.45) is 11.1 Å². The van der Waals surface area contributed by atoms with E-state index in [9.17, 15) is 4.79 Å². The van der Waals surface area contributed by atoms with Crippen molar-refractivity contribution in [2.75, 3.05) is 32.7 Å². The SMILES string of the molecule is NCC1(C(=O)NCCN2CCCCC2)CC1. The average Bonchev–Trinajstić information content (AvgIpc) is 3.11. The average molecular weight is 225 g/mol. The van der Waals surface area contributed by atoms with Crippen molar-refractivity contribution in [3.05, 3.63) is 0 Å². The second-order valence-corrected chi connectivity index (χ2v) is 5.14. The first-order chi connectivity index (χ1) is 7.77. The van der Waals surface area contributed by atoms with Crippen molar-refractivity contribution in [1.29, 1.82) is 0 Å². The Kier molecular flexibility index (Phi) is 3.82. The summed E-state index contributed by atoms with van der Waals surface area (Å²) in [6.07, 6.45) is 5.92. The number of hydrogen-bond acceptors (Lipinski definition) is 3. The number of carbonyl (C=O) groups is 1. The lowest BCUT2D eigenvalue weighted by Gasteiger charge is -2.26. The van der Waals surface area contributed by atoms with Crippen LogP contribution in [0.4, 0.5) is 0 Å². The van der Waals surface area contributed by atoms with E-state index in [0.717, 1.165) is 25.9 Å². The zero-order chi connectivity index (χ0) is 11.4. The summed E-state index contributed by atoms with van der Waals surface area (Å²) in [6.45, 7) is 4.66. The summed E-state index contributed by atoms with van der Waals surface area (Å²) in [5.41, 5.74) is 5.42. The van der Waals surface area contributed by atoms with Gasteiger partial charge in [0.15, 0.2) is 0 Å². The standard InChI is InChI=1S/C12H23N3O/c13-10-12(4-5-12)11(16)14-6-9-15-7-2-1-3-8-15/h1-10,13H2,(H,14,16). The highest BCUT2D eigenvalue weighted by Crippen LogP contribution is 2.44. The minimum Gasteiger partial charge on any atom is -0.354 e. The minimum atomic E-state index is -0.193. The fraction of sp³-hybridized carbons (Fsp3) is 0.917. The number of piperidine rings is 1. The molecule has 1 saturated carbocycles. The fourth-order valence-electron chi connectivity index (χ4n) is 2.37. The molecule has 2 fully saturated rings. The number of carbonyl (C=O) groups excluding carboxylic acids is 1. The van der Waals surface area contributed by atoms with Gasteiger partial charge in [0.1, 0.15) is 0 Å². The highest BCUT2D eigenvalue weighted by Gasteiger charge is 2.48. The Balaban J connectivity index is 1.62. The number of nitrogens with zero attached hydrogens (tertiary/aromatic N) is 1. The van der Waals surface area contributed by atoms with E-state index in [2.05, 4.69) is 10.2 Å². The normalized spacial score (nSPS) is 24.1. The number of hydrogen-bond donors (Lipinski definition) is 2. The van der Waals surface area contributed by atoms with Gasteiger partial charge in [0, 0.05) is 19.6 Å². The lowest BCUT2D eigenvalue weighted by atomic mass is 10.1. The molecule has 4 heteroatoms. The first-order valence-corrected chi connectivity index (χ1v) is 6.48. The molecule has 0 atom stereocenters. The van der Waals surface area contributed by atoms with Crippen molar-refractivity contribution < 1.29 is 4.79 Å². The number of likely N-dealkylation sites (tertiary alicyclic amines) is 1. The quantitative estimate of drug-likeness (QED) is 0.709. The van der Waals surface area contributed by atoms with Gasteiger partial charge in [-0.2, -0.15) is 0 Å². The minimum absolute atomic E-state index is 0.173. The maximum atomic E-state index is 11.8. The third-order valence-electron chi connectivity index (χ3n) is 3.89. The van der Waals surface area contributed by atoms with E-state index >= 15 is 0 Å². The van der Waals surface area contributed by atoms with E-state index in [0.29, 0.717) is 6.54 Å². The summed E-state index contributed by atoms with van der Waals surface area (Å²) in [4.78, 5) is 14.2. The van der Waals surface area contributed by atoms with Crippen molar-refractivity contribution in [1.82, 2.24) is 10.2 Å². The molecule has 0 spiro atoms. The molecule has 1 amide bonds. The Morgan fingerprint density at radius 1 is 1.25 bits per heavy atom. The third kappa shape index (κ3) is 2.74. The number of amides is 1. The molecule has 1 aliphatic heterocycles. The van der Waals surface area contributed by atoms with Gasteiger partial charge in [-0.3, -0.25) is 4.79 Å². The topological polar surface area (TPSA) is 58.4 Å². The summed E-state index contributed by atoms with van der Waals surface area (Å²) in [7, 11) is 0. The van der Waals surface area contributed by atoms with Crippen molar-refractivity contribution >= 4 is 5.91 Å². The lowest BCUT2D eigenvalue weighted by Crippen LogP contribution is -2.41. The van der Waals surface area contributed by atoms with Gasteiger partial charge in [-0.1, -0.05) is 6.42 Å². The van der Waals surface area contributed by atoms with Crippen LogP contribution < -0.4 is 11.1 Å². The van der Waals surface area contributed by atoms with Crippen molar-refractivity contribution in [3.63, 3.8) is 0 Å². The van der Waals surface area contributed by atoms with Crippen molar-refractivity contribution in [2.45, 2.75) is 32.1 Å². The first kappa shape index (κ1) is 11.9. The summed E-state index contributed by atoms with van der Waals surface area (Å²) >= 11 is 0. The molecule has 4 nitrogen and oxygen atoms in total. The molecule has 0 aromatic rings. The van der Waals surface area contributed by atoms with Crippen LogP contribution in [-0.2, 0) is 4.79 Å². The Labute approximate surface area is 97.6 Å². The third-order valence-corrected chi connectivity index (χ3v) is 3.89. The zero-order valence-corrected chi connectivity index (χ0v) is 10.0. The molecule has 1 heterocycles. The van der Waals surface area contributed by atoms with Crippen LogP contribution >= 0.6 is 0 Å². The molecule has 0 aromatic heterocycles. The van der Waals surface area contributed by atoms with E-state index in [4.69, 9.17) is 5.73 Å². The molecule has 0 bridgehead atoms. The van der Waals surface area contributed by atoms with E-state index < -0.39 is 0 Å². The van der Waals surface area contributed by atoms with Crippen LogP contribution in [0.5, 0.6) is 0 Å². The first-order valence-electron chi connectivity index (χ1n) is 6.48. The number of rotatable bonds is 5. The smallest absolute Gasteiger partial charge is 0.227 e. The molecule has 2 aliphatic rings. The van der Waals surface area contributed by atoms with Crippen LogP contribution in [0.1, 0.15) is 32.1 Å². The van der Waals surface area contributed by atoms with Gasteiger partial charge in [0.05, 0.1) is 5.41 Å². The highest BCUT2D eigenvalue weighted by atomic mass is 16.2. The Bertz CT molecular complexity index is 245. The monoisotopic (exact) mass is 225 g/mol. The molecule has 1 saturated heterocycles. The van der Waals surface area contributed by atoms with Crippen LogP contribution in [-0.4, -0.2) is 43.5 Å². The summed E-state index contributed by atoms with van der Waals surface area (Å²) in [6, 6.07) is 0. The predicted molar refractivity (Wildman–Crippen MR) is 64.0 cm³/mol. The molecule has 16 heavy (non-hydrogen) atoms. The van der Waals surface area contributed by atoms with E-state index in [1.165, 1.54) is 32.4 Å². The van der Waals surface area contributed by atoms with Gasteiger partial charge in [0.2, 0.25) is 5.91 Å². The second kappa shape index (κ2) is 5.15. The molecule has 0 unspecified atom stereocenters. The van der Waals surface area contributed by atoms with Crippen LogP contribution in [0.3, 0.4) is 0 Å². The van der Waals surface area contributed by atoms with Gasteiger partial charge in [0.25, 0.3) is 0 Å². The second-order valence-electron chi connectivity index (χ2n) is 5.14. The molecule has 1 aliphatic carbocycles. The Morgan fingerprint density at radius 2 is 1.94 bits per heavy atom. The maximum absolute atomic E-state index is 11.8. The molecular formula is C12H23N3O. The predicted octanol–water partition coefficient (Wildman–Crippen LogP) is 0.327. The van der Waals surface area contributed by atoms with Crippen LogP contribution in [0.15, 0.2) is 0 Å². The fourth-order valence-corrected chi connectivity index (χ4v) is 2.37. The molecular weight excluding hydrogens is 202 g/mol. The largest absolute Gasteiger partial charge is 0.354 e. The van der Waals surface area contributed by atoms with Crippen LogP contribution in [0.25, 0.3) is 0 Å². The van der Waals surface area contributed by atoms with Gasteiger partial charge in [-0.05, 0) is 38.8 Å². The molecule has 0 radical (unpaired) electrons. The molecule has 92 valence electrons. The van der Waals surface area contributed by atoms with Crippen LogP contribution in [0, 0.1) is 5.41 Å². The van der Waals surface area contributed by atoms with E-state index in [1.54, 1.807) is 0 Å². The molecule has 3 N–H and O–H groups in total. The zero-order valence-electron chi connectivity index (χ0n) is 10.0. The summed E-state index contributed by atoms with van der Waals surface area (Å²) in [5, 5.41) is 3.02. The van der Waals surface area contributed by atoms with Crippen LogP contribution in [0.2, 0.25) is 0 Å². The highest BCUT2D eigenvalue weighted by molar-refractivity contribution is 5.85. The van der Waals surface area contributed by atoms with Crippen molar-refractivity contribution in [3.8, 4) is 0 Å². The number of nitrogens with two attached hydrogens (primary N) is 1. The maximum Gasteiger partial charge on any atom is 0.227 e.